The van der Waals surface area contributed by atoms with E-state index in [0.717, 1.165) is 18.8 Å². The summed E-state index contributed by atoms with van der Waals surface area (Å²) in [4.78, 5) is 14.2. The Labute approximate surface area is 151 Å². The summed E-state index contributed by atoms with van der Waals surface area (Å²) < 4.78 is 34.0. The minimum absolute atomic E-state index is 0.0301. The van der Waals surface area contributed by atoms with E-state index in [2.05, 4.69) is 28.8 Å². The van der Waals surface area contributed by atoms with Crippen LogP contribution in [0.4, 0.5) is 20.2 Å². The first kappa shape index (κ1) is 19.5. The van der Waals surface area contributed by atoms with E-state index in [-0.39, 0.29) is 18.3 Å². The predicted molar refractivity (Wildman–Crippen MR) is 97.2 cm³/mol. The van der Waals surface area contributed by atoms with Gasteiger partial charge in [-0.3, -0.25) is 4.79 Å². The average molecular weight is 364 g/mol. The number of carbonyl (C=O) groups excluding carboxylic acids is 1. The smallest absolute Gasteiger partial charge is 0.387 e. The Morgan fingerprint density at radius 1 is 1.08 bits per heavy atom. The topological polar surface area (TPSA) is 50.8 Å². The Morgan fingerprint density at radius 2 is 1.77 bits per heavy atom. The highest BCUT2D eigenvalue weighted by Crippen LogP contribution is 2.21. The van der Waals surface area contributed by atoms with Crippen molar-refractivity contribution in [1.82, 2.24) is 0 Å². The van der Waals surface area contributed by atoms with Crippen LogP contribution >= 0.6 is 0 Å². The van der Waals surface area contributed by atoms with Gasteiger partial charge in [0, 0.05) is 30.5 Å². The second kappa shape index (κ2) is 9.60. The molecule has 2 aromatic carbocycles. The molecule has 7 heteroatoms. The maximum absolute atomic E-state index is 12.1. The summed E-state index contributed by atoms with van der Waals surface area (Å²) in [7, 11) is 0. The summed E-state index contributed by atoms with van der Waals surface area (Å²) >= 11 is 0. The molecule has 0 fully saturated rings. The summed E-state index contributed by atoms with van der Waals surface area (Å²) in [6.45, 7) is 2.87. The van der Waals surface area contributed by atoms with Crippen molar-refractivity contribution in [3.05, 3.63) is 48.5 Å². The third-order valence-electron chi connectivity index (χ3n) is 3.68. The third-order valence-corrected chi connectivity index (χ3v) is 3.68. The summed E-state index contributed by atoms with van der Waals surface area (Å²) in [6, 6.07) is 13.2. The maximum atomic E-state index is 12.1. The predicted octanol–water partition coefficient (Wildman–Crippen LogP) is 4.15. The number of nitrogens with one attached hydrogen (secondary N) is 1. The van der Waals surface area contributed by atoms with E-state index in [4.69, 9.17) is 4.74 Å². The largest absolute Gasteiger partial charge is 0.484 e. The molecule has 0 saturated heterocycles. The Kier molecular flexibility index (Phi) is 7.20. The standard InChI is InChI=1S/C19H22F2N2O3/c1-3-23(4-2)15-6-5-7-17(12-15)25-13-18(24)22-14-8-10-16(11-9-14)26-19(20)21/h5-12,19H,3-4,13H2,1-2H3,(H,22,24). The van der Waals surface area contributed by atoms with E-state index in [0.29, 0.717) is 11.4 Å². The zero-order valence-electron chi connectivity index (χ0n) is 14.7. The molecule has 1 amide bonds. The van der Waals surface area contributed by atoms with Crippen LogP contribution in [0.3, 0.4) is 0 Å². The number of alkyl halides is 2. The van der Waals surface area contributed by atoms with Crippen molar-refractivity contribution < 1.29 is 23.0 Å². The molecule has 0 aliphatic rings. The van der Waals surface area contributed by atoms with Gasteiger partial charge in [-0.05, 0) is 50.2 Å². The van der Waals surface area contributed by atoms with Gasteiger partial charge in [-0.2, -0.15) is 8.78 Å². The number of carbonyl (C=O) groups is 1. The second-order valence-electron chi connectivity index (χ2n) is 5.41. The van der Waals surface area contributed by atoms with Gasteiger partial charge in [-0.15, -0.1) is 0 Å². The molecule has 0 unspecified atom stereocenters. The number of amides is 1. The van der Waals surface area contributed by atoms with Crippen molar-refractivity contribution in [2.45, 2.75) is 20.5 Å². The van der Waals surface area contributed by atoms with Crippen molar-refractivity contribution in [3.8, 4) is 11.5 Å². The van der Waals surface area contributed by atoms with Gasteiger partial charge >= 0.3 is 6.61 Å². The van der Waals surface area contributed by atoms with Gasteiger partial charge in [0.1, 0.15) is 11.5 Å². The van der Waals surface area contributed by atoms with Crippen LogP contribution in [0.25, 0.3) is 0 Å². The zero-order chi connectivity index (χ0) is 18.9. The molecule has 0 bridgehead atoms. The second-order valence-corrected chi connectivity index (χ2v) is 5.41. The summed E-state index contributed by atoms with van der Waals surface area (Å²) in [5.41, 5.74) is 1.50. The van der Waals surface area contributed by atoms with Gasteiger partial charge in [0.15, 0.2) is 6.61 Å². The fourth-order valence-electron chi connectivity index (χ4n) is 2.42. The normalized spacial score (nSPS) is 10.5. The molecule has 0 spiro atoms. The highest BCUT2D eigenvalue weighted by atomic mass is 19.3. The van der Waals surface area contributed by atoms with Crippen LogP contribution in [-0.4, -0.2) is 32.2 Å². The zero-order valence-corrected chi connectivity index (χ0v) is 14.7. The Bertz CT molecular complexity index is 704. The van der Waals surface area contributed by atoms with Crippen LogP contribution in [0.2, 0.25) is 0 Å². The number of benzene rings is 2. The summed E-state index contributed by atoms with van der Waals surface area (Å²) in [6.07, 6.45) is 0. The van der Waals surface area contributed by atoms with E-state index in [1.54, 1.807) is 6.07 Å². The molecule has 0 aliphatic heterocycles. The van der Waals surface area contributed by atoms with Gasteiger partial charge in [-0.25, -0.2) is 0 Å². The Hall–Kier alpha value is -2.83. The van der Waals surface area contributed by atoms with Crippen LogP contribution in [-0.2, 0) is 4.79 Å². The van der Waals surface area contributed by atoms with E-state index >= 15 is 0 Å². The molecule has 2 rings (SSSR count). The number of halogens is 2. The molecule has 5 nitrogen and oxygen atoms in total. The van der Waals surface area contributed by atoms with E-state index in [1.807, 2.05) is 18.2 Å². The van der Waals surface area contributed by atoms with Crippen molar-refractivity contribution >= 4 is 17.3 Å². The lowest BCUT2D eigenvalue weighted by Gasteiger charge is -2.21. The average Bonchev–Trinajstić information content (AvgIpc) is 2.63. The number of hydrogen-bond donors (Lipinski definition) is 1. The number of hydrogen-bond acceptors (Lipinski definition) is 4. The lowest BCUT2D eigenvalue weighted by atomic mass is 10.2. The van der Waals surface area contributed by atoms with Crippen LogP contribution < -0.4 is 19.7 Å². The van der Waals surface area contributed by atoms with Gasteiger partial charge in [0.05, 0.1) is 0 Å². The molecule has 1 N–H and O–H groups in total. The number of ether oxygens (including phenoxy) is 2. The Morgan fingerprint density at radius 3 is 2.38 bits per heavy atom. The molecule has 0 saturated carbocycles. The van der Waals surface area contributed by atoms with Crippen LogP contribution in [0.15, 0.2) is 48.5 Å². The molecule has 140 valence electrons. The molecule has 0 aromatic heterocycles. The van der Waals surface area contributed by atoms with E-state index < -0.39 is 6.61 Å². The maximum Gasteiger partial charge on any atom is 0.387 e. The monoisotopic (exact) mass is 364 g/mol. The molecule has 0 radical (unpaired) electrons. The first-order valence-electron chi connectivity index (χ1n) is 8.34. The van der Waals surface area contributed by atoms with Crippen LogP contribution in [0, 0.1) is 0 Å². The lowest BCUT2D eigenvalue weighted by molar-refractivity contribution is -0.118. The number of nitrogens with zero attached hydrogens (tertiary/aromatic N) is 1. The van der Waals surface area contributed by atoms with Gasteiger partial charge in [-0.1, -0.05) is 6.07 Å². The van der Waals surface area contributed by atoms with Gasteiger partial charge in [0.2, 0.25) is 0 Å². The van der Waals surface area contributed by atoms with Crippen LogP contribution in [0.1, 0.15) is 13.8 Å². The molecular weight excluding hydrogens is 342 g/mol. The summed E-state index contributed by atoms with van der Waals surface area (Å²) in [5.74, 6) is 0.286. The fraction of sp³-hybridized carbons (Fsp3) is 0.316. The minimum Gasteiger partial charge on any atom is -0.484 e. The molecule has 2 aromatic rings. The van der Waals surface area contributed by atoms with Crippen LogP contribution in [0.5, 0.6) is 11.5 Å². The van der Waals surface area contributed by atoms with E-state index in [1.165, 1.54) is 24.3 Å². The molecule has 26 heavy (non-hydrogen) atoms. The first-order chi connectivity index (χ1) is 12.5. The first-order valence-corrected chi connectivity index (χ1v) is 8.34. The SMILES string of the molecule is CCN(CC)c1cccc(OCC(=O)Nc2ccc(OC(F)F)cc2)c1. The van der Waals surface area contributed by atoms with Gasteiger partial charge in [0.25, 0.3) is 5.91 Å². The quantitative estimate of drug-likeness (QED) is 0.726. The lowest BCUT2D eigenvalue weighted by Crippen LogP contribution is -2.22. The number of anilines is 2. The molecule has 0 heterocycles. The minimum atomic E-state index is -2.88. The highest BCUT2D eigenvalue weighted by molar-refractivity contribution is 5.91. The van der Waals surface area contributed by atoms with Crippen molar-refractivity contribution in [1.29, 1.82) is 0 Å². The molecule has 0 atom stereocenters. The van der Waals surface area contributed by atoms with Gasteiger partial charge < -0.3 is 19.7 Å². The Balaban J connectivity index is 1.88. The summed E-state index contributed by atoms with van der Waals surface area (Å²) in [5, 5.41) is 2.64. The number of rotatable bonds is 9. The van der Waals surface area contributed by atoms with Crippen molar-refractivity contribution in [2.75, 3.05) is 29.9 Å². The van der Waals surface area contributed by atoms with Crippen molar-refractivity contribution in [3.63, 3.8) is 0 Å². The van der Waals surface area contributed by atoms with E-state index in [9.17, 15) is 13.6 Å². The fourth-order valence-corrected chi connectivity index (χ4v) is 2.42. The van der Waals surface area contributed by atoms with Crippen molar-refractivity contribution in [2.24, 2.45) is 0 Å². The third kappa shape index (κ3) is 5.91. The molecular formula is C19H22F2N2O3. The molecule has 0 aliphatic carbocycles. The highest BCUT2D eigenvalue weighted by Gasteiger charge is 2.08.